The van der Waals surface area contributed by atoms with Crippen molar-refractivity contribution < 1.29 is 18.9 Å². The predicted octanol–water partition coefficient (Wildman–Crippen LogP) is 1.02. The molecule has 74 valence electrons. The second-order valence-electron chi connectivity index (χ2n) is 5.74. The molecule has 0 saturated carbocycles. The van der Waals surface area contributed by atoms with Gasteiger partial charge in [-0.1, -0.05) is 68.8 Å². The van der Waals surface area contributed by atoms with E-state index in [1.165, 1.54) is 0 Å². The van der Waals surface area contributed by atoms with Crippen molar-refractivity contribution in [3.8, 4) is 0 Å². The summed E-state index contributed by atoms with van der Waals surface area (Å²) >= 11 is 0. The molecule has 13 heavy (non-hydrogen) atoms. The molecule has 0 saturated heterocycles. The van der Waals surface area contributed by atoms with E-state index in [0.29, 0.717) is 0 Å². The van der Waals surface area contributed by atoms with Crippen molar-refractivity contribution >= 4 is 24.1 Å². The summed E-state index contributed by atoms with van der Waals surface area (Å²) in [6.45, 7) is 19.9. The third-order valence-corrected chi connectivity index (χ3v) is 16.8. The van der Waals surface area contributed by atoms with E-state index in [2.05, 4.69) is 52.6 Å². The van der Waals surface area contributed by atoms with Crippen molar-refractivity contribution in [2.75, 3.05) is 13.3 Å². The molecular weight excluding hydrogens is 202 g/mol. The van der Waals surface area contributed by atoms with E-state index >= 15 is 0 Å². The van der Waals surface area contributed by atoms with Gasteiger partial charge in [0.25, 0.3) is 0 Å². The first-order valence-corrected chi connectivity index (χ1v) is 13.9. The van der Waals surface area contributed by atoms with Crippen molar-refractivity contribution in [2.45, 2.75) is 39.3 Å². The van der Waals surface area contributed by atoms with Crippen molar-refractivity contribution in [1.82, 2.24) is 0 Å². The molecule has 0 aromatic heterocycles. The molecule has 4 heteroatoms. The number of hydrogen-bond donors (Lipinski definition) is 0. The van der Waals surface area contributed by atoms with Crippen LogP contribution in [-0.4, -0.2) is 29.5 Å². The van der Waals surface area contributed by atoms with Crippen LogP contribution in [0.15, 0.2) is 0 Å². The van der Waals surface area contributed by atoms with Gasteiger partial charge in [0.05, 0.1) is 0 Å². The topological polar surface area (TPSA) is 0 Å². The van der Waals surface area contributed by atoms with Gasteiger partial charge in [0.15, 0.2) is 0 Å². The molecule has 0 bridgehead atoms. The molecule has 0 rings (SSSR count). The van der Waals surface area contributed by atoms with Crippen LogP contribution < -0.4 is 18.9 Å². The van der Waals surface area contributed by atoms with Gasteiger partial charge in [0, 0.05) is 0 Å². The van der Waals surface area contributed by atoms with Gasteiger partial charge < -0.3 is 0 Å². The molecule has 0 heterocycles. The van der Waals surface area contributed by atoms with Crippen LogP contribution in [0, 0.1) is 4.91 Å². The predicted molar refractivity (Wildman–Crippen MR) is 68.7 cm³/mol. The van der Waals surface area contributed by atoms with E-state index in [1.54, 1.807) is 0 Å². The van der Waals surface area contributed by atoms with Gasteiger partial charge in [0.2, 0.25) is 0 Å². The second-order valence-corrected chi connectivity index (χ2v) is 19.3. The fourth-order valence-electron chi connectivity index (χ4n) is 2.47. The SMILES string of the molecule is CP(C)[C-]([Si](C)(C)C)[Si](C)(C)C.[Li+]. The number of hydrogen-bond acceptors (Lipinski definition) is 0. The summed E-state index contributed by atoms with van der Waals surface area (Å²) < 4.78 is 0. The first kappa shape index (κ1) is 16.9. The van der Waals surface area contributed by atoms with Gasteiger partial charge in [-0.25, -0.2) is 0 Å². The third kappa shape index (κ3) is 5.80. The van der Waals surface area contributed by atoms with Crippen molar-refractivity contribution in [3.63, 3.8) is 0 Å². The summed E-state index contributed by atoms with van der Waals surface area (Å²) in [6, 6.07) is 0. The Labute approximate surface area is 100 Å². The average Bonchev–Trinajstić information content (AvgIpc) is 1.49. The van der Waals surface area contributed by atoms with Crippen LogP contribution in [0.3, 0.4) is 0 Å². The van der Waals surface area contributed by atoms with Crippen LogP contribution >= 0.6 is 7.92 Å². The molecular formula is C9H24LiPSi2. The van der Waals surface area contributed by atoms with Crippen molar-refractivity contribution in [1.29, 1.82) is 0 Å². The summed E-state index contributed by atoms with van der Waals surface area (Å²) in [5.41, 5.74) is 0. The normalized spacial score (nSPS) is 13.4. The monoisotopic (exact) mass is 226 g/mol. The van der Waals surface area contributed by atoms with E-state index in [9.17, 15) is 0 Å². The van der Waals surface area contributed by atoms with Crippen LogP contribution in [0.2, 0.25) is 39.3 Å². The van der Waals surface area contributed by atoms with Crippen LogP contribution in [0.4, 0.5) is 0 Å². The molecule has 0 aromatic carbocycles. The Bertz CT molecular complexity index is 133. The average molecular weight is 226 g/mol. The molecule has 0 atom stereocenters. The largest absolute Gasteiger partial charge is 1.00 e. The zero-order chi connectivity index (χ0) is 10.2. The fourth-order valence-corrected chi connectivity index (χ4v) is 22.2. The van der Waals surface area contributed by atoms with E-state index in [1.807, 2.05) is 4.91 Å². The molecule has 0 nitrogen and oxygen atoms in total. The van der Waals surface area contributed by atoms with Gasteiger partial charge in [-0.15, -0.1) is 0 Å². The third-order valence-electron chi connectivity index (χ3n) is 1.87. The van der Waals surface area contributed by atoms with Crippen LogP contribution in [0.1, 0.15) is 0 Å². The molecule has 0 unspecified atom stereocenters. The smallest absolute Gasteiger partial charge is 0.286 e. The summed E-state index contributed by atoms with van der Waals surface area (Å²) in [6.07, 6.45) is 0. The van der Waals surface area contributed by atoms with Gasteiger partial charge in [-0.05, 0) is 0 Å². The Morgan fingerprint density at radius 3 is 1.00 bits per heavy atom. The Hall–Kier alpha value is 1.46. The maximum absolute atomic E-state index is 2.50. The molecule has 0 radical (unpaired) electrons. The molecule has 0 fully saturated rings. The maximum atomic E-state index is 2.50. The summed E-state index contributed by atoms with van der Waals surface area (Å²) in [4.78, 5) is 2.00. The standard InChI is InChI=1S/C9H24PSi2.Li/c1-10(2)9(11(3,4)5)12(6,7)8;/h1-8H3;/q-1;+1. The van der Waals surface area contributed by atoms with Crippen molar-refractivity contribution in [3.05, 3.63) is 4.91 Å². The minimum Gasteiger partial charge on any atom is -0.286 e. The van der Waals surface area contributed by atoms with Gasteiger partial charge in [-0.2, -0.15) is 0 Å². The summed E-state index contributed by atoms with van der Waals surface area (Å²) in [5.74, 6) is 0. The minimum absolute atomic E-state index is 0. The second kappa shape index (κ2) is 5.52. The minimum atomic E-state index is -0.978. The van der Waals surface area contributed by atoms with E-state index in [0.717, 1.165) is 0 Å². The van der Waals surface area contributed by atoms with Crippen LogP contribution in [0.25, 0.3) is 0 Å². The maximum Gasteiger partial charge on any atom is 1.00 e. The molecule has 0 aliphatic carbocycles. The Morgan fingerprint density at radius 1 is 0.769 bits per heavy atom. The van der Waals surface area contributed by atoms with E-state index < -0.39 is 16.1 Å². The quantitative estimate of drug-likeness (QED) is 0.383. The summed E-state index contributed by atoms with van der Waals surface area (Å²) in [7, 11) is -1.76. The molecule has 0 aromatic rings. The van der Waals surface area contributed by atoms with Gasteiger partial charge in [-0.3, -0.25) is 12.8 Å². The fraction of sp³-hybridized carbons (Fsp3) is 0.889. The van der Waals surface area contributed by atoms with Gasteiger partial charge in [0.1, 0.15) is 0 Å². The zero-order valence-electron chi connectivity index (χ0n) is 10.9. The molecule has 0 aliphatic heterocycles. The summed E-state index contributed by atoms with van der Waals surface area (Å²) in [5, 5.41) is 0. The Kier molecular flexibility index (Phi) is 7.16. The zero-order valence-corrected chi connectivity index (χ0v) is 13.8. The molecule has 0 N–H and O–H groups in total. The van der Waals surface area contributed by atoms with Crippen LogP contribution in [-0.2, 0) is 0 Å². The van der Waals surface area contributed by atoms with Crippen molar-refractivity contribution in [2.24, 2.45) is 0 Å². The molecule has 0 aliphatic rings. The number of rotatable bonds is 3. The van der Waals surface area contributed by atoms with Gasteiger partial charge >= 0.3 is 18.9 Å². The Morgan fingerprint density at radius 2 is 1.00 bits per heavy atom. The molecule has 0 spiro atoms. The first-order chi connectivity index (χ1) is 5.07. The van der Waals surface area contributed by atoms with Crippen LogP contribution in [0.5, 0.6) is 0 Å². The first-order valence-electron chi connectivity index (χ1n) is 4.62. The Balaban J connectivity index is 0. The van der Waals surface area contributed by atoms with E-state index in [4.69, 9.17) is 0 Å². The van der Waals surface area contributed by atoms with E-state index in [-0.39, 0.29) is 26.8 Å². The molecule has 0 amide bonds.